The van der Waals surface area contributed by atoms with Gasteiger partial charge in [-0.1, -0.05) is 13.8 Å². The van der Waals surface area contributed by atoms with Crippen molar-refractivity contribution in [1.29, 1.82) is 0 Å². The van der Waals surface area contributed by atoms with E-state index in [9.17, 15) is 0 Å². The van der Waals surface area contributed by atoms with Crippen LogP contribution < -0.4 is 11.1 Å². The number of likely N-dealkylation sites (tertiary alicyclic amines) is 1. The maximum absolute atomic E-state index is 6.12. The second-order valence-electron chi connectivity index (χ2n) is 6.29. The highest BCUT2D eigenvalue weighted by molar-refractivity contribution is 5.45. The summed E-state index contributed by atoms with van der Waals surface area (Å²) in [6.45, 7) is 10.3. The van der Waals surface area contributed by atoms with E-state index in [4.69, 9.17) is 5.73 Å². The predicted molar refractivity (Wildman–Crippen MR) is 89.3 cm³/mol. The molecule has 1 aliphatic heterocycles. The third kappa shape index (κ3) is 3.55. The van der Waals surface area contributed by atoms with Crippen LogP contribution in [0.25, 0.3) is 0 Å². The van der Waals surface area contributed by atoms with Gasteiger partial charge < -0.3 is 11.1 Å². The second kappa shape index (κ2) is 7.23. The molecule has 2 rings (SSSR count). The van der Waals surface area contributed by atoms with Crippen molar-refractivity contribution in [2.45, 2.75) is 58.0 Å². The van der Waals surface area contributed by atoms with Gasteiger partial charge in [-0.2, -0.15) is 0 Å². The molecule has 0 aromatic carbocycles. The molecule has 0 bridgehead atoms. The summed E-state index contributed by atoms with van der Waals surface area (Å²) in [5, 5.41) is 3.70. The molecule has 0 saturated carbocycles. The van der Waals surface area contributed by atoms with Crippen LogP contribution in [0.15, 0.2) is 18.5 Å². The molecular weight excluding hydrogens is 260 g/mol. The monoisotopic (exact) mass is 290 g/mol. The number of aromatic nitrogens is 1. The molecule has 2 unspecified atom stereocenters. The molecule has 2 atom stereocenters. The molecule has 1 aromatic heterocycles. The lowest BCUT2D eigenvalue weighted by atomic mass is 9.83. The van der Waals surface area contributed by atoms with Crippen molar-refractivity contribution in [2.24, 2.45) is 0 Å². The summed E-state index contributed by atoms with van der Waals surface area (Å²) in [6.07, 6.45) is 8.41. The first kappa shape index (κ1) is 16.2. The summed E-state index contributed by atoms with van der Waals surface area (Å²) in [7, 11) is 0. The number of likely N-dealkylation sites (N-methyl/N-ethyl adjacent to an activating group) is 1. The molecule has 0 amide bonds. The summed E-state index contributed by atoms with van der Waals surface area (Å²) in [4.78, 5) is 6.90. The Labute approximate surface area is 129 Å². The number of pyridine rings is 1. The van der Waals surface area contributed by atoms with E-state index in [-0.39, 0.29) is 5.54 Å². The summed E-state index contributed by atoms with van der Waals surface area (Å²) in [6, 6.07) is 2.30. The van der Waals surface area contributed by atoms with E-state index < -0.39 is 0 Å². The summed E-state index contributed by atoms with van der Waals surface area (Å²) >= 11 is 0. The van der Waals surface area contributed by atoms with Crippen molar-refractivity contribution in [3.63, 3.8) is 0 Å². The summed E-state index contributed by atoms with van der Waals surface area (Å²) < 4.78 is 0. The number of nitrogen functional groups attached to an aromatic ring is 1. The molecule has 1 saturated heterocycles. The van der Waals surface area contributed by atoms with Crippen LogP contribution >= 0.6 is 0 Å². The van der Waals surface area contributed by atoms with Gasteiger partial charge in [0.05, 0.1) is 0 Å². The first-order valence-corrected chi connectivity index (χ1v) is 8.28. The van der Waals surface area contributed by atoms with Gasteiger partial charge in [0.2, 0.25) is 0 Å². The number of hydrogen-bond acceptors (Lipinski definition) is 4. The Morgan fingerprint density at radius 3 is 2.67 bits per heavy atom. The topological polar surface area (TPSA) is 54.2 Å². The number of anilines is 1. The molecule has 2 heterocycles. The first-order chi connectivity index (χ1) is 10.1. The van der Waals surface area contributed by atoms with E-state index in [0.29, 0.717) is 6.04 Å². The van der Waals surface area contributed by atoms with E-state index in [1.165, 1.54) is 25.9 Å². The molecule has 0 radical (unpaired) electrons. The summed E-state index contributed by atoms with van der Waals surface area (Å²) in [5.74, 6) is 0. The number of rotatable bonds is 7. The van der Waals surface area contributed by atoms with E-state index in [1.807, 2.05) is 12.3 Å². The fraction of sp³-hybridized carbons (Fsp3) is 0.706. The van der Waals surface area contributed by atoms with Crippen molar-refractivity contribution in [1.82, 2.24) is 15.2 Å². The highest BCUT2D eigenvalue weighted by Gasteiger charge is 2.39. The van der Waals surface area contributed by atoms with Gasteiger partial charge in [0.25, 0.3) is 0 Å². The molecule has 3 N–H and O–H groups in total. The average Bonchev–Trinajstić information content (AvgIpc) is 3.03. The lowest BCUT2D eigenvalue weighted by molar-refractivity contribution is 0.0847. The molecule has 4 nitrogen and oxygen atoms in total. The zero-order chi connectivity index (χ0) is 15.3. The SMILES string of the molecule is CCNC(Cc1cnccc1N)C(C)(CC)N1CCCC1. The fourth-order valence-electron chi connectivity index (χ4n) is 3.51. The van der Waals surface area contributed by atoms with Crippen LogP contribution in [0.1, 0.15) is 45.6 Å². The minimum absolute atomic E-state index is 0.175. The lowest BCUT2D eigenvalue weighted by Gasteiger charge is -2.45. The Kier molecular flexibility index (Phi) is 5.59. The number of hydrogen-bond donors (Lipinski definition) is 2. The van der Waals surface area contributed by atoms with Crippen molar-refractivity contribution in [3.05, 3.63) is 24.0 Å². The average molecular weight is 290 g/mol. The Morgan fingerprint density at radius 2 is 2.10 bits per heavy atom. The highest BCUT2D eigenvalue weighted by atomic mass is 15.2. The molecule has 4 heteroatoms. The van der Waals surface area contributed by atoms with Crippen LogP contribution in [-0.4, -0.2) is 41.1 Å². The lowest BCUT2D eigenvalue weighted by Crippen LogP contribution is -2.59. The molecule has 0 aliphatic carbocycles. The van der Waals surface area contributed by atoms with Crippen molar-refractivity contribution >= 4 is 5.69 Å². The molecule has 1 aliphatic rings. The Hall–Kier alpha value is -1.13. The Morgan fingerprint density at radius 1 is 1.38 bits per heavy atom. The van der Waals surface area contributed by atoms with Gasteiger partial charge >= 0.3 is 0 Å². The van der Waals surface area contributed by atoms with Gasteiger partial charge in [0.15, 0.2) is 0 Å². The fourth-order valence-corrected chi connectivity index (χ4v) is 3.51. The van der Waals surface area contributed by atoms with E-state index in [1.54, 1.807) is 6.20 Å². The Balaban J connectivity index is 2.21. The van der Waals surface area contributed by atoms with Gasteiger partial charge in [0.1, 0.15) is 0 Å². The van der Waals surface area contributed by atoms with Crippen molar-refractivity contribution < 1.29 is 0 Å². The second-order valence-corrected chi connectivity index (χ2v) is 6.29. The van der Waals surface area contributed by atoms with Crippen LogP contribution in [0.2, 0.25) is 0 Å². The third-order valence-corrected chi connectivity index (χ3v) is 5.11. The summed E-state index contributed by atoms with van der Waals surface area (Å²) in [5.41, 5.74) is 8.31. The minimum Gasteiger partial charge on any atom is -0.398 e. The van der Waals surface area contributed by atoms with Crippen LogP contribution in [-0.2, 0) is 6.42 Å². The van der Waals surface area contributed by atoms with Crippen LogP contribution in [0.4, 0.5) is 5.69 Å². The minimum atomic E-state index is 0.175. The van der Waals surface area contributed by atoms with E-state index in [2.05, 4.69) is 36.0 Å². The van der Waals surface area contributed by atoms with Gasteiger partial charge in [-0.25, -0.2) is 0 Å². The normalized spacial score (nSPS) is 20.3. The predicted octanol–water partition coefficient (Wildman–Crippen LogP) is 2.45. The molecule has 1 aromatic rings. The molecule has 21 heavy (non-hydrogen) atoms. The maximum atomic E-state index is 6.12. The zero-order valence-electron chi connectivity index (χ0n) is 13.7. The standard InChI is InChI=1S/C17H30N4/c1-4-17(3,21-10-6-7-11-21)16(20-5-2)12-14-13-19-9-8-15(14)18/h8-9,13,16,20H,4-7,10-12H2,1-3H3,(H2,18,19). The van der Waals surface area contributed by atoms with Crippen LogP contribution in [0.3, 0.4) is 0 Å². The van der Waals surface area contributed by atoms with E-state index >= 15 is 0 Å². The molecule has 118 valence electrons. The smallest absolute Gasteiger partial charge is 0.0378 e. The van der Waals surface area contributed by atoms with Crippen molar-refractivity contribution in [3.8, 4) is 0 Å². The third-order valence-electron chi connectivity index (χ3n) is 5.11. The highest BCUT2D eigenvalue weighted by Crippen LogP contribution is 2.30. The van der Waals surface area contributed by atoms with Gasteiger partial charge in [-0.3, -0.25) is 9.88 Å². The largest absolute Gasteiger partial charge is 0.398 e. The quantitative estimate of drug-likeness (QED) is 0.810. The number of nitrogens with zero attached hydrogens (tertiary/aromatic N) is 2. The molecular formula is C17H30N4. The van der Waals surface area contributed by atoms with Gasteiger partial charge in [0, 0.05) is 29.7 Å². The van der Waals surface area contributed by atoms with E-state index in [0.717, 1.165) is 30.6 Å². The maximum Gasteiger partial charge on any atom is 0.0378 e. The van der Waals surface area contributed by atoms with Crippen LogP contribution in [0.5, 0.6) is 0 Å². The zero-order valence-corrected chi connectivity index (χ0v) is 13.7. The molecule has 0 spiro atoms. The van der Waals surface area contributed by atoms with Crippen LogP contribution in [0, 0.1) is 0 Å². The Bertz CT molecular complexity index is 442. The molecule has 1 fully saturated rings. The van der Waals surface area contributed by atoms with Crippen molar-refractivity contribution in [2.75, 3.05) is 25.4 Å². The van der Waals surface area contributed by atoms with Gasteiger partial charge in [-0.05, 0) is 63.9 Å². The first-order valence-electron chi connectivity index (χ1n) is 8.28. The number of nitrogens with one attached hydrogen (secondary N) is 1. The van der Waals surface area contributed by atoms with Gasteiger partial charge in [-0.15, -0.1) is 0 Å². The number of nitrogens with two attached hydrogens (primary N) is 1.